The van der Waals surface area contributed by atoms with Crippen molar-refractivity contribution in [1.82, 2.24) is 0 Å². The summed E-state index contributed by atoms with van der Waals surface area (Å²) in [5.74, 6) is 0. The molecule has 0 amide bonds. The minimum Gasteiger partial charge on any atom is -0.385 e. The topological polar surface area (TPSA) is 12.0 Å². The summed E-state index contributed by atoms with van der Waals surface area (Å²) in [6.45, 7) is 9.83. The summed E-state index contributed by atoms with van der Waals surface area (Å²) >= 11 is 0. The van der Waals surface area contributed by atoms with E-state index in [2.05, 4.69) is 69.4 Å². The van der Waals surface area contributed by atoms with Gasteiger partial charge in [-0.1, -0.05) is 37.6 Å². The Balaban J connectivity index is 2.17. The third kappa shape index (κ3) is 3.41. The summed E-state index contributed by atoms with van der Waals surface area (Å²) in [6.07, 6.45) is 2.45. The Morgan fingerprint density at radius 2 is 1.45 bits per heavy atom. The Morgan fingerprint density at radius 1 is 0.850 bits per heavy atom. The smallest absolute Gasteiger partial charge is 0.0340 e. The van der Waals surface area contributed by atoms with Gasteiger partial charge in [0, 0.05) is 12.2 Å². The molecule has 0 heterocycles. The van der Waals surface area contributed by atoms with E-state index in [4.69, 9.17) is 0 Å². The second-order valence-corrected chi connectivity index (χ2v) is 5.59. The normalized spacial score (nSPS) is 10.6. The lowest BCUT2D eigenvalue weighted by Gasteiger charge is -2.11. The quantitative estimate of drug-likeness (QED) is 0.706. The average molecular weight is 267 g/mol. The van der Waals surface area contributed by atoms with Gasteiger partial charge in [-0.2, -0.15) is 0 Å². The number of nitrogens with one attached hydrogen (secondary N) is 1. The van der Waals surface area contributed by atoms with Crippen LogP contribution in [0.4, 0.5) is 5.69 Å². The number of unbranched alkanes of at least 4 members (excludes halogenated alkanes) is 1. The first-order valence-corrected chi connectivity index (χ1v) is 7.54. The monoisotopic (exact) mass is 267 g/mol. The van der Waals surface area contributed by atoms with Crippen molar-refractivity contribution in [1.29, 1.82) is 0 Å². The highest BCUT2D eigenvalue weighted by Crippen LogP contribution is 2.26. The first-order valence-electron chi connectivity index (χ1n) is 7.54. The third-order valence-electron chi connectivity index (χ3n) is 4.00. The van der Waals surface area contributed by atoms with Crippen molar-refractivity contribution in [2.24, 2.45) is 0 Å². The Hall–Kier alpha value is -1.76. The maximum absolute atomic E-state index is 3.46. The molecular formula is C19H25N. The van der Waals surface area contributed by atoms with Gasteiger partial charge < -0.3 is 5.32 Å². The highest BCUT2D eigenvalue weighted by Gasteiger charge is 2.03. The Morgan fingerprint density at radius 3 is 2.00 bits per heavy atom. The summed E-state index contributed by atoms with van der Waals surface area (Å²) in [6, 6.07) is 13.3. The molecule has 1 N–H and O–H groups in total. The van der Waals surface area contributed by atoms with Crippen molar-refractivity contribution in [3.8, 4) is 11.1 Å². The van der Waals surface area contributed by atoms with Crippen LogP contribution in [0.1, 0.15) is 36.5 Å². The molecule has 2 aromatic carbocycles. The minimum atomic E-state index is 1.05. The van der Waals surface area contributed by atoms with Crippen molar-refractivity contribution >= 4 is 5.69 Å². The zero-order valence-electron chi connectivity index (χ0n) is 13.1. The number of rotatable bonds is 5. The molecular weight excluding hydrogens is 242 g/mol. The molecule has 0 unspecified atom stereocenters. The number of hydrogen-bond donors (Lipinski definition) is 1. The van der Waals surface area contributed by atoms with Gasteiger partial charge in [-0.3, -0.25) is 0 Å². The maximum Gasteiger partial charge on any atom is 0.0340 e. The Kier molecular flexibility index (Phi) is 4.84. The second-order valence-electron chi connectivity index (χ2n) is 5.59. The van der Waals surface area contributed by atoms with Gasteiger partial charge in [0.2, 0.25) is 0 Å². The molecule has 0 saturated carbocycles. The molecule has 1 nitrogen and oxygen atoms in total. The zero-order chi connectivity index (χ0) is 14.5. The lowest BCUT2D eigenvalue weighted by Crippen LogP contribution is -2.00. The first kappa shape index (κ1) is 14.6. The third-order valence-corrected chi connectivity index (χ3v) is 4.00. The summed E-state index contributed by atoms with van der Waals surface area (Å²) in [5, 5.41) is 3.46. The fourth-order valence-corrected chi connectivity index (χ4v) is 2.39. The molecule has 0 radical (unpaired) electrons. The molecule has 0 aromatic heterocycles. The van der Waals surface area contributed by atoms with Crippen LogP contribution in [-0.4, -0.2) is 6.54 Å². The van der Waals surface area contributed by atoms with Crippen LogP contribution in [0, 0.1) is 20.8 Å². The number of anilines is 1. The van der Waals surface area contributed by atoms with E-state index in [1.165, 1.54) is 46.3 Å². The van der Waals surface area contributed by atoms with Crippen molar-refractivity contribution in [3.63, 3.8) is 0 Å². The highest BCUT2D eigenvalue weighted by atomic mass is 14.9. The van der Waals surface area contributed by atoms with Crippen LogP contribution >= 0.6 is 0 Å². The van der Waals surface area contributed by atoms with Crippen LogP contribution in [0.3, 0.4) is 0 Å². The molecule has 0 saturated heterocycles. The van der Waals surface area contributed by atoms with Gasteiger partial charge in [0.05, 0.1) is 0 Å². The first-order chi connectivity index (χ1) is 9.61. The lowest BCUT2D eigenvalue weighted by atomic mass is 9.96. The molecule has 0 bridgehead atoms. The predicted octanol–water partition coefficient (Wildman–Crippen LogP) is 5.49. The van der Waals surface area contributed by atoms with Gasteiger partial charge in [-0.05, 0) is 67.1 Å². The molecule has 20 heavy (non-hydrogen) atoms. The zero-order valence-corrected chi connectivity index (χ0v) is 13.1. The van der Waals surface area contributed by atoms with Crippen molar-refractivity contribution < 1.29 is 0 Å². The lowest BCUT2D eigenvalue weighted by molar-refractivity contribution is 0.834. The predicted molar refractivity (Wildman–Crippen MR) is 89.5 cm³/mol. The minimum absolute atomic E-state index is 1.05. The summed E-state index contributed by atoms with van der Waals surface area (Å²) < 4.78 is 0. The van der Waals surface area contributed by atoms with Crippen LogP contribution in [-0.2, 0) is 0 Å². The van der Waals surface area contributed by atoms with Gasteiger partial charge in [0.15, 0.2) is 0 Å². The number of benzene rings is 2. The number of aryl methyl sites for hydroxylation is 2. The SMILES string of the molecule is CCCCNc1ccc(-c2cc(C)c(C)c(C)c2)cc1. The maximum atomic E-state index is 3.46. The van der Waals surface area contributed by atoms with Gasteiger partial charge in [0.1, 0.15) is 0 Å². The highest BCUT2D eigenvalue weighted by molar-refractivity contribution is 5.68. The van der Waals surface area contributed by atoms with Crippen molar-refractivity contribution in [3.05, 3.63) is 53.1 Å². The molecule has 0 fully saturated rings. The van der Waals surface area contributed by atoms with E-state index in [-0.39, 0.29) is 0 Å². The molecule has 0 aliphatic heterocycles. The summed E-state index contributed by atoms with van der Waals surface area (Å²) in [7, 11) is 0. The second kappa shape index (κ2) is 6.60. The van der Waals surface area contributed by atoms with Crippen LogP contribution in [0.5, 0.6) is 0 Å². The van der Waals surface area contributed by atoms with Crippen LogP contribution in [0.2, 0.25) is 0 Å². The van der Waals surface area contributed by atoms with E-state index in [1.54, 1.807) is 0 Å². The molecule has 0 atom stereocenters. The van der Waals surface area contributed by atoms with E-state index in [1.807, 2.05) is 0 Å². The largest absolute Gasteiger partial charge is 0.385 e. The summed E-state index contributed by atoms with van der Waals surface area (Å²) in [5.41, 5.74) is 7.94. The van der Waals surface area contributed by atoms with Gasteiger partial charge in [-0.25, -0.2) is 0 Å². The van der Waals surface area contributed by atoms with Crippen molar-refractivity contribution in [2.45, 2.75) is 40.5 Å². The molecule has 1 heteroatoms. The fraction of sp³-hybridized carbons (Fsp3) is 0.368. The van der Waals surface area contributed by atoms with E-state index in [0.717, 1.165) is 6.54 Å². The van der Waals surface area contributed by atoms with Crippen LogP contribution in [0.15, 0.2) is 36.4 Å². The van der Waals surface area contributed by atoms with E-state index < -0.39 is 0 Å². The van der Waals surface area contributed by atoms with Gasteiger partial charge >= 0.3 is 0 Å². The van der Waals surface area contributed by atoms with E-state index in [0.29, 0.717) is 0 Å². The Labute approximate surface area is 123 Å². The molecule has 0 aliphatic rings. The Bertz CT molecular complexity index is 544. The molecule has 2 aromatic rings. The van der Waals surface area contributed by atoms with Crippen LogP contribution < -0.4 is 5.32 Å². The van der Waals surface area contributed by atoms with Crippen molar-refractivity contribution in [2.75, 3.05) is 11.9 Å². The fourth-order valence-electron chi connectivity index (χ4n) is 2.39. The van der Waals surface area contributed by atoms with E-state index in [9.17, 15) is 0 Å². The van der Waals surface area contributed by atoms with Gasteiger partial charge in [0.25, 0.3) is 0 Å². The molecule has 2 rings (SSSR count). The van der Waals surface area contributed by atoms with E-state index >= 15 is 0 Å². The molecule has 106 valence electrons. The molecule has 0 aliphatic carbocycles. The molecule has 0 spiro atoms. The van der Waals surface area contributed by atoms with Crippen LogP contribution in [0.25, 0.3) is 11.1 Å². The standard InChI is InChI=1S/C19H25N/c1-5-6-11-20-19-9-7-17(8-10-19)18-12-14(2)16(4)15(3)13-18/h7-10,12-13,20H,5-6,11H2,1-4H3. The van der Waals surface area contributed by atoms with Gasteiger partial charge in [-0.15, -0.1) is 0 Å². The number of hydrogen-bond acceptors (Lipinski definition) is 1. The summed E-state index contributed by atoms with van der Waals surface area (Å²) in [4.78, 5) is 0. The average Bonchev–Trinajstić information content (AvgIpc) is 2.45.